The van der Waals surface area contributed by atoms with Gasteiger partial charge in [-0.1, -0.05) is 12.8 Å². The maximum absolute atomic E-state index is 13.9. The van der Waals surface area contributed by atoms with Crippen molar-refractivity contribution in [3.8, 4) is 6.07 Å². The lowest BCUT2D eigenvalue weighted by molar-refractivity contribution is -0.137. The molecule has 2 amide bonds. The highest BCUT2D eigenvalue weighted by Crippen LogP contribution is 2.38. The summed E-state index contributed by atoms with van der Waals surface area (Å²) in [6.45, 7) is 0. The molecule has 0 aliphatic heterocycles. The second kappa shape index (κ2) is 7.42. The number of benzene rings is 1. The van der Waals surface area contributed by atoms with Crippen molar-refractivity contribution < 1.29 is 22.4 Å². The van der Waals surface area contributed by atoms with Crippen LogP contribution in [0.2, 0.25) is 0 Å². The molecule has 1 heterocycles. The third-order valence-corrected chi connectivity index (χ3v) is 4.60. The van der Waals surface area contributed by atoms with E-state index >= 15 is 0 Å². The molecule has 2 aromatic rings. The minimum absolute atomic E-state index is 0.0603. The van der Waals surface area contributed by atoms with E-state index in [2.05, 4.69) is 20.6 Å². The average Bonchev–Trinajstić information content (AvgIpc) is 3.12. The Morgan fingerprint density at radius 1 is 1.21 bits per heavy atom. The molecule has 1 aliphatic carbocycles. The summed E-state index contributed by atoms with van der Waals surface area (Å²) in [5.41, 5.74) is -2.14. The Labute approximate surface area is 157 Å². The molecule has 0 radical (unpaired) electrons. The lowest BCUT2D eigenvalue weighted by atomic mass is 9.93. The first kappa shape index (κ1) is 19.5. The number of hydrogen-bond donors (Lipinski definition) is 2. The molecule has 1 aromatic carbocycles. The van der Waals surface area contributed by atoms with E-state index in [9.17, 15) is 22.4 Å². The van der Waals surface area contributed by atoms with Gasteiger partial charge in [-0.15, -0.1) is 0 Å². The summed E-state index contributed by atoms with van der Waals surface area (Å²) in [5.74, 6) is -1.05. The quantitative estimate of drug-likeness (QED) is 0.769. The van der Waals surface area contributed by atoms with E-state index in [1.54, 1.807) is 6.07 Å². The van der Waals surface area contributed by atoms with Crippen molar-refractivity contribution in [1.29, 1.82) is 5.26 Å². The second-order valence-corrected chi connectivity index (χ2v) is 6.44. The Morgan fingerprint density at radius 2 is 1.93 bits per heavy atom. The van der Waals surface area contributed by atoms with E-state index in [-0.39, 0.29) is 5.82 Å². The van der Waals surface area contributed by atoms with Gasteiger partial charge in [0.05, 0.1) is 22.5 Å². The van der Waals surface area contributed by atoms with Crippen LogP contribution >= 0.6 is 0 Å². The molecule has 10 heteroatoms. The summed E-state index contributed by atoms with van der Waals surface area (Å²) in [5, 5.41) is 13.8. The van der Waals surface area contributed by atoms with Crippen molar-refractivity contribution in [2.24, 2.45) is 0 Å². The molecular weight excluding hydrogens is 378 g/mol. The lowest BCUT2D eigenvalue weighted by Gasteiger charge is -2.30. The summed E-state index contributed by atoms with van der Waals surface area (Å²) in [6, 6.07) is 4.31. The van der Waals surface area contributed by atoms with Gasteiger partial charge in [0.1, 0.15) is 11.9 Å². The number of carbonyl (C=O) groups is 1. The fourth-order valence-corrected chi connectivity index (χ4v) is 3.27. The molecule has 1 fully saturated rings. The van der Waals surface area contributed by atoms with Gasteiger partial charge in [-0.3, -0.25) is 0 Å². The Kier molecular flexibility index (Phi) is 5.18. The Balaban J connectivity index is 1.84. The van der Waals surface area contributed by atoms with Crippen LogP contribution in [-0.2, 0) is 11.7 Å². The second-order valence-electron chi connectivity index (χ2n) is 6.44. The zero-order valence-electron chi connectivity index (χ0n) is 14.5. The Bertz CT molecular complexity index is 932. The summed E-state index contributed by atoms with van der Waals surface area (Å²) >= 11 is 0. The molecule has 28 heavy (non-hydrogen) atoms. The summed E-state index contributed by atoms with van der Waals surface area (Å²) in [4.78, 5) is 20.4. The normalized spacial score (nSPS) is 15.7. The zero-order chi connectivity index (χ0) is 20.4. The highest BCUT2D eigenvalue weighted by Gasteiger charge is 2.39. The number of aromatic nitrogens is 2. The maximum Gasteiger partial charge on any atom is 0.416 e. The zero-order valence-corrected chi connectivity index (χ0v) is 14.5. The molecule has 0 spiro atoms. The van der Waals surface area contributed by atoms with Crippen LogP contribution in [0.3, 0.4) is 0 Å². The number of alkyl halides is 3. The van der Waals surface area contributed by atoms with Gasteiger partial charge in [0.25, 0.3) is 0 Å². The van der Waals surface area contributed by atoms with Crippen LogP contribution in [0, 0.1) is 17.1 Å². The number of urea groups is 1. The number of nitrogens with zero attached hydrogens (tertiary/aromatic N) is 3. The van der Waals surface area contributed by atoms with E-state index in [0.29, 0.717) is 36.7 Å². The van der Waals surface area contributed by atoms with Crippen molar-refractivity contribution in [1.82, 2.24) is 15.3 Å². The van der Waals surface area contributed by atoms with Gasteiger partial charge in [-0.05, 0) is 37.1 Å². The topological polar surface area (TPSA) is 90.7 Å². The Morgan fingerprint density at radius 3 is 2.57 bits per heavy atom. The summed E-state index contributed by atoms with van der Waals surface area (Å²) < 4.78 is 52.4. The molecule has 0 atom stereocenters. The maximum atomic E-state index is 13.9. The standard InChI is InChI=1S/C18H15F4N5O/c19-12-4-3-11(18(20,21)22)9-13(12)25-16(28)27-17(6-1-2-7-17)14-5-8-24-15(10-23)26-14/h3-5,8-9H,1-2,6-7H2,(H2,25,27,28). The number of rotatable bonds is 3. The average molecular weight is 393 g/mol. The van der Waals surface area contributed by atoms with Gasteiger partial charge in [-0.2, -0.15) is 18.4 Å². The molecular formula is C18H15F4N5O. The monoisotopic (exact) mass is 393 g/mol. The lowest BCUT2D eigenvalue weighted by Crippen LogP contribution is -2.46. The molecule has 1 aliphatic rings. The number of carbonyl (C=O) groups excluding carboxylic acids is 1. The predicted molar refractivity (Wildman–Crippen MR) is 90.4 cm³/mol. The smallest absolute Gasteiger partial charge is 0.327 e. The van der Waals surface area contributed by atoms with Gasteiger partial charge in [0.2, 0.25) is 5.82 Å². The molecule has 0 saturated heterocycles. The molecule has 1 saturated carbocycles. The van der Waals surface area contributed by atoms with Crippen LogP contribution in [-0.4, -0.2) is 16.0 Å². The van der Waals surface area contributed by atoms with E-state index in [0.717, 1.165) is 12.8 Å². The highest BCUT2D eigenvalue weighted by atomic mass is 19.4. The largest absolute Gasteiger partial charge is 0.416 e. The molecule has 146 valence electrons. The van der Waals surface area contributed by atoms with Crippen LogP contribution in [0.1, 0.15) is 42.8 Å². The van der Waals surface area contributed by atoms with Crippen LogP contribution in [0.15, 0.2) is 30.5 Å². The molecule has 0 unspecified atom stereocenters. The summed E-state index contributed by atoms with van der Waals surface area (Å²) in [7, 11) is 0. The van der Waals surface area contributed by atoms with Gasteiger partial charge >= 0.3 is 12.2 Å². The number of halogens is 4. The minimum Gasteiger partial charge on any atom is -0.327 e. The van der Waals surface area contributed by atoms with E-state index in [1.165, 1.54) is 6.20 Å². The third kappa shape index (κ3) is 4.03. The van der Waals surface area contributed by atoms with Crippen molar-refractivity contribution in [2.45, 2.75) is 37.4 Å². The number of amides is 2. The van der Waals surface area contributed by atoms with Crippen LogP contribution < -0.4 is 10.6 Å². The number of nitrogens with one attached hydrogen (secondary N) is 2. The molecule has 2 N–H and O–H groups in total. The van der Waals surface area contributed by atoms with Crippen molar-refractivity contribution in [2.75, 3.05) is 5.32 Å². The summed E-state index contributed by atoms with van der Waals surface area (Å²) in [6.07, 6.45) is -0.663. The number of anilines is 1. The first-order chi connectivity index (χ1) is 13.2. The molecule has 0 bridgehead atoms. The SMILES string of the molecule is N#Cc1nccc(C2(NC(=O)Nc3cc(C(F)(F)F)ccc3F)CCCC2)n1. The van der Waals surface area contributed by atoms with Gasteiger partial charge < -0.3 is 10.6 Å². The van der Waals surface area contributed by atoms with Crippen molar-refractivity contribution in [3.05, 3.63) is 53.4 Å². The molecule has 1 aromatic heterocycles. The predicted octanol–water partition coefficient (Wildman–Crippen LogP) is 4.10. The van der Waals surface area contributed by atoms with Gasteiger partial charge in [0, 0.05) is 6.20 Å². The number of hydrogen-bond acceptors (Lipinski definition) is 4. The highest BCUT2D eigenvalue weighted by molar-refractivity contribution is 5.90. The first-order valence-corrected chi connectivity index (χ1v) is 8.43. The van der Waals surface area contributed by atoms with E-state index < -0.39 is 34.8 Å². The minimum atomic E-state index is -4.66. The van der Waals surface area contributed by atoms with Crippen molar-refractivity contribution in [3.63, 3.8) is 0 Å². The fourth-order valence-electron chi connectivity index (χ4n) is 3.27. The van der Waals surface area contributed by atoms with Crippen LogP contribution in [0.5, 0.6) is 0 Å². The fraction of sp³-hybridized carbons (Fsp3) is 0.333. The van der Waals surface area contributed by atoms with Crippen LogP contribution in [0.4, 0.5) is 28.0 Å². The van der Waals surface area contributed by atoms with E-state index in [1.807, 2.05) is 6.07 Å². The van der Waals surface area contributed by atoms with Crippen LogP contribution in [0.25, 0.3) is 0 Å². The third-order valence-electron chi connectivity index (χ3n) is 4.60. The van der Waals surface area contributed by atoms with Gasteiger partial charge in [0.15, 0.2) is 0 Å². The Hall–Kier alpha value is -3.22. The molecule has 6 nitrogen and oxygen atoms in total. The van der Waals surface area contributed by atoms with Gasteiger partial charge in [-0.25, -0.2) is 19.2 Å². The molecule has 3 rings (SSSR count). The van der Waals surface area contributed by atoms with E-state index in [4.69, 9.17) is 5.26 Å². The van der Waals surface area contributed by atoms with Crippen molar-refractivity contribution >= 4 is 11.7 Å². The number of nitriles is 1. The first-order valence-electron chi connectivity index (χ1n) is 8.43.